The number of halogens is 1. The van der Waals surface area contributed by atoms with E-state index in [0.29, 0.717) is 27.7 Å². The minimum absolute atomic E-state index is 0.00898. The van der Waals surface area contributed by atoms with E-state index in [9.17, 15) is 14.0 Å². The normalized spacial score (nSPS) is 11.7. The van der Waals surface area contributed by atoms with E-state index in [0.717, 1.165) is 0 Å². The molecule has 0 saturated heterocycles. The van der Waals surface area contributed by atoms with Crippen molar-refractivity contribution >= 4 is 22.5 Å². The molecule has 0 bridgehead atoms. The summed E-state index contributed by atoms with van der Waals surface area (Å²) in [5, 5.41) is 3.78. The first-order valence-corrected chi connectivity index (χ1v) is 9.69. The molecule has 0 fully saturated rings. The largest absolute Gasteiger partial charge is 0.382 e. The predicted molar refractivity (Wildman–Crippen MR) is 120 cm³/mol. The maximum absolute atomic E-state index is 13.5. The standard InChI is InChI=1S/C24H18FN5O2/c1-3-15-5-4-6-16-13-19(14(2)29-23(31)21-22(26)28-12-11-27-21)30(24(32)20(15)16)18-9-7-17(25)8-10-18/h1,4-14H,2H3,(H2,26,28)(H,29,31). The van der Waals surface area contributed by atoms with Gasteiger partial charge in [0.1, 0.15) is 5.82 Å². The van der Waals surface area contributed by atoms with Gasteiger partial charge in [-0.15, -0.1) is 6.42 Å². The van der Waals surface area contributed by atoms with Crippen LogP contribution in [0.4, 0.5) is 10.2 Å². The highest BCUT2D eigenvalue weighted by atomic mass is 19.1. The summed E-state index contributed by atoms with van der Waals surface area (Å²) >= 11 is 0. The van der Waals surface area contributed by atoms with Crippen LogP contribution in [0.2, 0.25) is 0 Å². The third kappa shape index (κ3) is 3.68. The van der Waals surface area contributed by atoms with E-state index < -0.39 is 17.8 Å². The van der Waals surface area contributed by atoms with Crippen LogP contribution in [0.5, 0.6) is 0 Å². The van der Waals surface area contributed by atoms with Crippen LogP contribution in [0.15, 0.2) is 65.7 Å². The first-order valence-electron chi connectivity index (χ1n) is 9.69. The van der Waals surface area contributed by atoms with Crippen LogP contribution in [-0.2, 0) is 0 Å². The zero-order valence-corrected chi connectivity index (χ0v) is 17.0. The number of nitrogens with two attached hydrogens (primary N) is 1. The monoisotopic (exact) mass is 427 g/mol. The SMILES string of the molecule is C#Cc1cccc2cc(C(C)NC(=O)c3nccnc3N)n(-c3ccc(F)cc3)c(=O)c12. The summed E-state index contributed by atoms with van der Waals surface area (Å²) < 4.78 is 14.9. The Labute approximate surface area is 182 Å². The highest BCUT2D eigenvalue weighted by Gasteiger charge is 2.21. The Bertz CT molecular complexity index is 1440. The zero-order valence-electron chi connectivity index (χ0n) is 17.0. The highest BCUT2D eigenvalue weighted by molar-refractivity contribution is 5.96. The average Bonchev–Trinajstić information content (AvgIpc) is 2.79. The molecule has 32 heavy (non-hydrogen) atoms. The number of nitrogen functional groups attached to an aromatic ring is 1. The molecule has 1 atom stereocenters. The van der Waals surface area contributed by atoms with Crippen molar-refractivity contribution in [3.05, 3.63) is 94.0 Å². The second-order valence-electron chi connectivity index (χ2n) is 7.09. The number of rotatable bonds is 4. The van der Waals surface area contributed by atoms with Crippen LogP contribution in [0.1, 0.15) is 34.7 Å². The Morgan fingerprint density at radius 3 is 2.59 bits per heavy atom. The van der Waals surface area contributed by atoms with Crippen molar-refractivity contribution in [2.24, 2.45) is 0 Å². The molecule has 0 saturated carbocycles. The van der Waals surface area contributed by atoms with E-state index in [1.165, 1.54) is 41.2 Å². The van der Waals surface area contributed by atoms with Gasteiger partial charge in [0.05, 0.1) is 11.4 Å². The number of nitrogens with one attached hydrogen (secondary N) is 1. The molecular weight excluding hydrogens is 409 g/mol. The van der Waals surface area contributed by atoms with Gasteiger partial charge in [0.2, 0.25) is 0 Å². The first-order chi connectivity index (χ1) is 15.4. The lowest BCUT2D eigenvalue weighted by Gasteiger charge is -2.21. The Kier molecular flexibility index (Phi) is 5.39. The smallest absolute Gasteiger partial charge is 0.274 e. The van der Waals surface area contributed by atoms with E-state index in [-0.39, 0.29) is 17.1 Å². The van der Waals surface area contributed by atoms with E-state index in [1.807, 2.05) is 0 Å². The first kappa shape index (κ1) is 20.8. The summed E-state index contributed by atoms with van der Waals surface area (Å²) in [6.07, 6.45) is 8.35. The summed E-state index contributed by atoms with van der Waals surface area (Å²) in [6.45, 7) is 1.72. The molecule has 1 unspecified atom stereocenters. The van der Waals surface area contributed by atoms with E-state index >= 15 is 0 Å². The van der Waals surface area contributed by atoms with Gasteiger partial charge in [0.25, 0.3) is 11.5 Å². The Balaban J connectivity index is 1.89. The fourth-order valence-corrected chi connectivity index (χ4v) is 3.54. The predicted octanol–water partition coefficient (Wildman–Crippen LogP) is 2.97. The highest BCUT2D eigenvalue weighted by Crippen LogP contribution is 2.23. The van der Waals surface area contributed by atoms with Crippen molar-refractivity contribution in [2.45, 2.75) is 13.0 Å². The summed E-state index contributed by atoms with van der Waals surface area (Å²) in [4.78, 5) is 34.1. The van der Waals surface area contributed by atoms with Crippen molar-refractivity contribution in [1.29, 1.82) is 0 Å². The number of hydrogen-bond donors (Lipinski definition) is 2. The number of fused-ring (bicyclic) bond motifs is 1. The number of hydrogen-bond acceptors (Lipinski definition) is 5. The lowest BCUT2D eigenvalue weighted by Crippen LogP contribution is -2.33. The molecular formula is C24H18FN5O2. The van der Waals surface area contributed by atoms with Gasteiger partial charge in [-0.25, -0.2) is 14.4 Å². The number of aromatic nitrogens is 3. The quantitative estimate of drug-likeness (QED) is 0.488. The minimum atomic E-state index is -0.638. The Morgan fingerprint density at radius 1 is 1.19 bits per heavy atom. The molecule has 2 aromatic heterocycles. The molecule has 2 heterocycles. The molecule has 0 spiro atoms. The number of carbonyl (C=O) groups is 1. The molecule has 4 aromatic rings. The van der Waals surface area contributed by atoms with Crippen LogP contribution in [0, 0.1) is 18.2 Å². The Hall–Kier alpha value is -4.51. The lowest BCUT2D eigenvalue weighted by atomic mass is 10.0. The Morgan fingerprint density at radius 2 is 1.91 bits per heavy atom. The molecule has 0 radical (unpaired) electrons. The van der Waals surface area contributed by atoms with Gasteiger partial charge in [-0.2, -0.15) is 0 Å². The van der Waals surface area contributed by atoms with Crippen LogP contribution < -0.4 is 16.6 Å². The molecule has 8 heteroatoms. The molecule has 0 aliphatic heterocycles. The van der Waals surface area contributed by atoms with Crippen LogP contribution >= 0.6 is 0 Å². The van der Waals surface area contributed by atoms with Crippen molar-refractivity contribution in [1.82, 2.24) is 19.9 Å². The van der Waals surface area contributed by atoms with Crippen molar-refractivity contribution in [3.63, 3.8) is 0 Å². The summed E-state index contributed by atoms with van der Waals surface area (Å²) in [5.41, 5.74) is 6.70. The summed E-state index contributed by atoms with van der Waals surface area (Å²) in [5.74, 6) is 1.55. The number of terminal acetylenes is 1. The van der Waals surface area contributed by atoms with E-state index in [1.54, 1.807) is 31.2 Å². The lowest BCUT2D eigenvalue weighted by molar-refractivity contribution is 0.0934. The molecule has 0 aliphatic carbocycles. The molecule has 158 valence electrons. The molecule has 4 rings (SSSR count). The van der Waals surface area contributed by atoms with Gasteiger partial charge in [-0.05, 0) is 48.7 Å². The molecule has 7 nitrogen and oxygen atoms in total. The number of amides is 1. The number of anilines is 1. The van der Waals surface area contributed by atoms with Gasteiger partial charge in [-0.1, -0.05) is 18.1 Å². The maximum atomic E-state index is 13.5. The van der Waals surface area contributed by atoms with E-state index in [2.05, 4.69) is 21.2 Å². The van der Waals surface area contributed by atoms with Crippen LogP contribution in [0.3, 0.4) is 0 Å². The third-order valence-electron chi connectivity index (χ3n) is 5.05. The van der Waals surface area contributed by atoms with Crippen LogP contribution in [0.25, 0.3) is 16.5 Å². The second kappa shape index (κ2) is 8.32. The van der Waals surface area contributed by atoms with E-state index in [4.69, 9.17) is 12.2 Å². The van der Waals surface area contributed by atoms with Crippen LogP contribution in [-0.4, -0.2) is 20.4 Å². The average molecular weight is 427 g/mol. The fraction of sp³-hybridized carbons (Fsp3) is 0.0833. The maximum Gasteiger partial charge on any atom is 0.274 e. The molecule has 0 aliphatic rings. The zero-order chi connectivity index (χ0) is 22.8. The second-order valence-corrected chi connectivity index (χ2v) is 7.09. The number of pyridine rings is 1. The summed E-state index contributed by atoms with van der Waals surface area (Å²) in [7, 11) is 0. The van der Waals surface area contributed by atoms with Crippen molar-refractivity contribution in [2.75, 3.05) is 5.73 Å². The topological polar surface area (TPSA) is 103 Å². The minimum Gasteiger partial charge on any atom is -0.382 e. The van der Waals surface area contributed by atoms with Gasteiger partial charge in [-0.3, -0.25) is 14.2 Å². The van der Waals surface area contributed by atoms with Gasteiger partial charge >= 0.3 is 0 Å². The van der Waals surface area contributed by atoms with Gasteiger partial charge in [0, 0.05) is 29.3 Å². The molecule has 3 N–H and O–H groups in total. The van der Waals surface area contributed by atoms with Crippen molar-refractivity contribution < 1.29 is 9.18 Å². The molecule has 1 amide bonds. The molecule has 2 aromatic carbocycles. The van der Waals surface area contributed by atoms with Gasteiger partial charge in [0.15, 0.2) is 11.5 Å². The fourth-order valence-electron chi connectivity index (χ4n) is 3.54. The number of nitrogens with zero attached hydrogens (tertiary/aromatic N) is 3. The number of benzene rings is 2. The number of carbonyl (C=O) groups excluding carboxylic acids is 1. The van der Waals surface area contributed by atoms with Gasteiger partial charge < -0.3 is 11.1 Å². The van der Waals surface area contributed by atoms with Crippen molar-refractivity contribution in [3.8, 4) is 18.0 Å². The summed E-state index contributed by atoms with van der Waals surface area (Å²) in [6, 6.07) is 11.8. The third-order valence-corrected chi connectivity index (χ3v) is 5.05.